The standard InChI is InChI=1S/C16H15N3O/c1-11(2)12-7-9-13(10-8-12)19-16(20)14-5-3-4-6-15(14)17-18-19/h3-11H,1-2H3. The molecule has 4 nitrogen and oxygen atoms in total. The minimum Gasteiger partial charge on any atom is -0.267 e. The minimum absolute atomic E-state index is 0.145. The molecular formula is C16H15N3O. The molecule has 1 aromatic heterocycles. The van der Waals surface area contributed by atoms with Crippen LogP contribution in [-0.4, -0.2) is 15.0 Å². The molecule has 0 spiro atoms. The summed E-state index contributed by atoms with van der Waals surface area (Å²) in [6.07, 6.45) is 0. The number of nitrogens with zero attached hydrogens (tertiary/aromatic N) is 3. The molecule has 0 aliphatic rings. The summed E-state index contributed by atoms with van der Waals surface area (Å²) in [5.74, 6) is 0.462. The quantitative estimate of drug-likeness (QED) is 0.715. The van der Waals surface area contributed by atoms with Gasteiger partial charge in [0.2, 0.25) is 0 Å². The summed E-state index contributed by atoms with van der Waals surface area (Å²) < 4.78 is 1.34. The Bertz CT molecular complexity index is 804. The van der Waals surface area contributed by atoms with E-state index in [1.54, 1.807) is 12.1 Å². The van der Waals surface area contributed by atoms with Gasteiger partial charge in [-0.2, -0.15) is 4.68 Å². The first-order chi connectivity index (χ1) is 9.66. The number of fused-ring (bicyclic) bond motifs is 1. The number of hydrogen-bond acceptors (Lipinski definition) is 3. The van der Waals surface area contributed by atoms with Crippen LogP contribution in [0.15, 0.2) is 53.3 Å². The predicted octanol–water partition coefficient (Wildman–Crippen LogP) is 2.90. The molecule has 0 unspecified atom stereocenters. The summed E-state index contributed by atoms with van der Waals surface area (Å²) in [5, 5.41) is 8.67. The zero-order valence-electron chi connectivity index (χ0n) is 11.4. The van der Waals surface area contributed by atoms with Crippen LogP contribution in [0, 0.1) is 0 Å². The third kappa shape index (κ3) is 2.09. The van der Waals surface area contributed by atoms with E-state index >= 15 is 0 Å². The molecule has 3 rings (SSSR count). The summed E-state index contributed by atoms with van der Waals surface area (Å²) >= 11 is 0. The molecule has 0 bridgehead atoms. The molecule has 0 aliphatic carbocycles. The summed E-state index contributed by atoms with van der Waals surface area (Å²) in [5.41, 5.74) is 2.44. The summed E-state index contributed by atoms with van der Waals surface area (Å²) in [6, 6.07) is 15.1. The number of benzene rings is 2. The summed E-state index contributed by atoms with van der Waals surface area (Å²) in [7, 11) is 0. The van der Waals surface area contributed by atoms with Crippen LogP contribution in [0.1, 0.15) is 25.3 Å². The first kappa shape index (κ1) is 12.5. The number of rotatable bonds is 2. The van der Waals surface area contributed by atoms with Gasteiger partial charge >= 0.3 is 0 Å². The van der Waals surface area contributed by atoms with E-state index < -0.39 is 0 Å². The van der Waals surface area contributed by atoms with Crippen LogP contribution in [0.2, 0.25) is 0 Å². The summed E-state index contributed by atoms with van der Waals surface area (Å²) in [4.78, 5) is 12.4. The van der Waals surface area contributed by atoms with Crippen molar-refractivity contribution in [3.63, 3.8) is 0 Å². The van der Waals surface area contributed by atoms with Gasteiger partial charge in [0.1, 0.15) is 5.52 Å². The third-order valence-electron chi connectivity index (χ3n) is 3.37. The largest absolute Gasteiger partial charge is 0.282 e. The van der Waals surface area contributed by atoms with Crippen molar-refractivity contribution >= 4 is 10.9 Å². The smallest absolute Gasteiger partial charge is 0.267 e. The second-order valence-corrected chi connectivity index (χ2v) is 5.07. The van der Waals surface area contributed by atoms with Gasteiger partial charge in [-0.1, -0.05) is 43.3 Å². The average Bonchev–Trinajstić information content (AvgIpc) is 2.48. The second kappa shape index (κ2) is 4.89. The molecule has 0 N–H and O–H groups in total. The Morgan fingerprint density at radius 3 is 2.40 bits per heavy atom. The Morgan fingerprint density at radius 1 is 1.00 bits per heavy atom. The van der Waals surface area contributed by atoms with Crippen molar-refractivity contribution < 1.29 is 0 Å². The van der Waals surface area contributed by atoms with Crippen molar-refractivity contribution in [1.29, 1.82) is 0 Å². The van der Waals surface area contributed by atoms with Crippen LogP contribution in [0.25, 0.3) is 16.6 Å². The average molecular weight is 265 g/mol. The van der Waals surface area contributed by atoms with Crippen molar-refractivity contribution in [2.45, 2.75) is 19.8 Å². The van der Waals surface area contributed by atoms with Crippen molar-refractivity contribution in [1.82, 2.24) is 15.0 Å². The van der Waals surface area contributed by atoms with Crippen molar-refractivity contribution in [2.75, 3.05) is 0 Å². The van der Waals surface area contributed by atoms with E-state index in [0.29, 0.717) is 16.8 Å². The van der Waals surface area contributed by atoms with Gasteiger partial charge in [-0.25, -0.2) is 0 Å². The molecule has 0 saturated carbocycles. The molecule has 0 fully saturated rings. The Hall–Kier alpha value is -2.49. The normalized spacial score (nSPS) is 11.2. The fraction of sp³-hybridized carbons (Fsp3) is 0.188. The van der Waals surface area contributed by atoms with Gasteiger partial charge < -0.3 is 0 Å². The Balaban J connectivity index is 2.15. The van der Waals surface area contributed by atoms with Crippen LogP contribution in [0.4, 0.5) is 0 Å². The highest BCUT2D eigenvalue weighted by Gasteiger charge is 2.07. The van der Waals surface area contributed by atoms with Gasteiger partial charge in [-0.3, -0.25) is 4.79 Å². The van der Waals surface area contributed by atoms with E-state index in [1.807, 2.05) is 36.4 Å². The SMILES string of the molecule is CC(C)c1ccc(-n2nnc3ccccc3c2=O)cc1. The van der Waals surface area contributed by atoms with Crippen molar-refractivity contribution in [3.05, 3.63) is 64.4 Å². The highest BCUT2D eigenvalue weighted by atomic mass is 16.1. The first-order valence-electron chi connectivity index (χ1n) is 6.62. The molecule has 0 saturated heterocycles. The maximum Gasteiger partial charge on any atom is 0.282 e. The zero-order valence-corrected chi connectivity index (χ0v) is 11.4. The maximum absolute atomic E-state index is 12.4. The molecule has 20 heavy (non-hydrogen) atoms. The zero-order chi connectivity index (χ0) is 14.1. The molecule has 0 atom stereocenters. The van der Waals surface area contributed by atoms with E-state index in [0.717, 1.165) is 5.69 Å². The van der Waals surface area contributed by atoms with E-state index in [1.165, 1.54) is 10.2 Å². The number of aromatic nitrogens is 3. The van der Waals surface area contributed by atoms with E-state index in [9.17, 15) is 4.79 Å². The second-order valence-electron chi connectivity index (χ2n) is 5.07. The van der Waals surface area contributed by atoms with Crippen LogP contribution >= 0.6 is 0 Å². The molecular weight excluding hydrogens is 250 g/mol. The molecule has 1 heterocycles. The monoisotopic (exact) mass is 265 g/mol. The lowest BCUT2D eigenvalue weighted by atomic mass is 10.0. The topological polar surface area (TPSA) is 47.8 Å². The van der Waals surface area contributed by atoms with Gasteiger partial charge in [-0.15, -0.1) is 5.10 Å². The van der Waals surface area contributed by atoms with Crippen LogP contribution in [0.3, 0.4) is 0 Å². The van der Waals surface area contributed by atoms with Gasteiger partial charge in [-0.05, 0) is 35.7 Å². The van der Waals surface area contributed by atoms with Gasteiger partial charge in [0.15, 0.2) is 0 Å². The van der Waals surface area contributed by atoms with Crippen LogP contribution in [-0.2, 0) is 0 Å². The highest BCUT2D eigenvalue weighted by Crippen LogP contribution is 2.16. The summed E-state index contributed by atoms with van der Waals surface area (Å²) in [6.45, 7) is 4.27. The molecule has 0 aliphatic heterocycles. The fourth-order valence-electron chi connectivity index (χ4n) is 2.16. The van der Waals surface area contributed by atoms with Crippen LogP contribution in [0.5, 0.6) is 0 Å². The Kier molecular flexibility index (Phi) is 3.06. The molecule has 4 heteroatoms. The minimum atomic E-state index is -0.145. The molecule has 100 valence electrons. The highest BCUT2D eigenvalue weighted by molar-refractivity contribution is 5.76. The van der Waals surface area contributed by atoms with Crippen molar-refractivity contribution in [3.8, 4) is 5.69 Å². The van der Waals surface area contributed by atoms with Crippen LogP contribution < -0.4 is 5.56 Å². The van der Waals surface area contributed by atoms with Gasteiger partial charge in [0, 0.05) is 0 Å². The lowest BCUT2D eigenvalue weighted by Crippen LogP contribution is -2.22. The predicted molar refractivity (Wildman–Crippen MR) is 79.2 cm³/mol. The first-order valence-corrected chi connectivity index (χ1v) is 6.62. The lowest BCUT2D eigenvalue weighted by Gasteiger charge is -2.08. The van der Waals surface area contributed by atoms with Crippen molar-refractivity contribution in [2.24, 2.45) is 0 Å². The fourth-order valence-corrected chi connectivity index (χ4v) is 2.16. The maximum atomic E-state index is 12.4. The lowest BCUT2D eigenvalue weighted by molar-refractivity contribution is 0.736. The molecule has 0 radical (unpaired) electrons. The van der Waals surface area contributed by atoms with E-state index in [-0.39, 0.29) is 5.56 Å². The molecule has 3 aromatic rings. The van der Waals surface area contributed by atoms with E-state index in [4.69, 9.17) is 0 Å². The molecule has 0 amide bonds. The third-order valence-corrected chi connectivity index (χ3v) is 3.37. The Morgan fingerprint density at radius 2 is 1.70 bits per heavy atom. The van der Waals surface area contributed by atoms with Gasteiger partial charge in [0.05, 0.1) is 11.1 Å². The molecule has 2 aromatic carbocycles. The van der Waals surface area contributed by atoms with E-state index in [2.05, 4.69) is 24.2 Å². The Labute approximate surface area is 116 Å². The van der Waals surface area contributed by atoms with Gasteiger partial charge in [0.25, 0.3) is 5.56 Å². The number of hydrogen-bond donors (Lipinski definition) is 0.